The zero-order valence-corrected chi connectivity index (χ0v) is 11.6. The lowest BCUT2D eigenvalue weighted by atomic mass is 9.67. The van der Waals surface area contributed by atoms with E-state index in [0.29, 0.717) is 23.8 Å². The number of nitrogens with zero attached hydrogens (tertiary/aromatic N) is 1. The Morgan fingerprint density at radius 2 is 2.11 bits per heavy atom. The fourth-order valence-corrected chi connectivity index (χ4v) is 2.93. The van der Waals surface area contributed by atoms with Gasteiger partial charge in [-0.05, 0) is 49.8 Å². The summed E-state index contributed by atoms with van der Waals surface area (Å²) in [6.45, 7) is 2.13. The minimum Gasteiger partial charge on any atom is -0.387 e. The van der Waals surface area contributed by atoms with Crippen LogP contribution in [0.5, 0.6) is 0 Å². The summed E-state index contributed by atoms with van der Waals surface area (Å²) >= 11 is 5.85. The number of nitriles is 1. The molecule has 1 fully saturated rings. The van der Waals surface area contributed by atoms with Crippen molar-refractivity contribution >= 4 is 11.6 Å². The van der Waals surface area contributed by atoms with Crippen molar-refractivity contribution in [2.24, 2.45) is 11.3 Å². The van der Waals surface area contributed by atoms with Gasteiger partial charge in [-0.2, -0.15) is 5.26 Å². The van der Waals surface area contributed by atoms with E-state index < -0.39 is 17.3 Å². The van der Waals surface area contributed by atoms with Crippen molar-refractivity contribution in [1.29, 1.82) is 5.26 Å². The molecule has 2 rings (SSSR count). The average molecular weight is 282 g/mol. The Kier molecular flexibility index (Phi) is 4.13. The van der Waals surface area contributed by atoms with Crippen LogP contribution in [0.15, 0.2) is 18.2 Å². The van der Waals surface area contributed by atoms with Gasteiger partial charge in [0.2, 0.25) is 0 Å². The van der Waals surface area contributed by atoms with E-state index >= 15 is 0 Å². The summed E-state index contributed by atoms with van der Waals surface area (Å²) in [4.78, 5) is 0. The van der Waals surface area contributed by atoms with Crippen LogP contribution in [-0.4, -0.2) is 5.11 Å². The zero-order valence-electron chi connectivity index (χ0n) is 10.9. The number of rotatable bonds is 2. The average Bonchev–Trinajstić information content (AvgIpc) is 2.42. The monoisotopic (exact) mass is 281 g/mol. The van der Waals surface area contributed by atoms with Crippen LogP contribution in [0, 0.1) is 28.5 Å². The maximum atomic E-state index is 13.8. The summed E-state index contributed by atoms with van der Waals surface area (Å²) in [7, 11) is 0. The molecule has 4 heteroatoms. The van der Waals surface area contributed by atoms with E-state index in [4.69, 9.17) is 11.6 Å². The van der Waals surface area contributed by atoms with Gasteiger partial charge >= 0.3 is 0 Å². The molecule has 1 aliphatic rings. The molecule has 0 bridgehead atoms. The van der Waals surface area contributed by atoms with Gasteiger partial charge in [-0.1, -0.05) is 18.5 Å². The highest BCUT2D eigenvalue weighted by atomic mass is 35.5. The lowest BCUT2D eigenvalue weighted by Crippen LogP contribution is -2.32. The van der Waals surface area contributed by atoms with Crippen molar-refractivity contribution < 1.29 is 9.50 Å². The summed E-state index contributed by atoms with van der Waals surface area (Å²) in [6, 6.07) is 6.31. The molecule has 0 aromatic heterocycles. The Balaban J connectivity index is 2.33. The van der Waals surface area contributed by atoms with E-state index in [9.17, 15) is 14.8 Å². The molecule has 0 aliphatic heterocycles. The van der Waals surface area contributed by atoms with Crippen LogP contribution in [0.3, 0.4) is 0 Å². The van der Waals surface area contributed by atoms with Gasteiger partial charge in [-0.15, -0.1) is 0 Å². The summed E-state index contributed by atoms with van der Waals surface area (Å²) in [5.41, 5.74) is -0.763. The first kappa shape index (κ1) is 14.3. The van der Waals surface area contributed by atoms with Gasteiger partial charge in [-0.25, -0.2) is 4.39 Å². The Labute approximate surface area is 117 Å². The van der Waals surface area contributed by atoms with Crippen LogP contribution in [-0.2, 0) is 0 Å². The lowest BCUT2D eigenvalue weighted by molar-refractivity contribution is 0.0242. The molecule has 0 spiro atoms. The molecule has 1 saturated carbocycles. The first-order valence-corrected chi connectivity index (χ1v) is 6.90. The van der Waals surface area contributed by atoms with Gasteiger partial charge < -0.3 is 5.11 Å². The quantitative estimate of drug-likeness (QED) is 0.881. The second-order valence-electron chi connectivity index (χ2n) is 5.52. The molecule has 0 radical (unpaired) electrons. The third-order valence-electron chi connectivity index (χ3n) is 4.17. The summed E-state index contributed by atoms with van der Waals surface area (Å²) in [5.74, 6) is 0.0445. The third-order valence-corrected chi connectivity index (χ3v) is 4.40. The van der Waals surface area contributed by atoms with Crippen LogP contribution < -0.4 is 0 Å². The highest BCUT2D eigenvalue weighted by Crippen LogP contribution is 2.47. The molecule has 1 atom stereocenters. The van der Waals surface area contributed by atoms with Crippen LogP contribution in [0.4, 0.5) is 4.39 Å². The fourth-order valence-electron chi connectivity index (χ4n) is 2.75. The molecule has 1 N–H and O–H groups in total. The van der Waals surface area contributed by atoms with Gasteiger partial charge in [0.1, 0.15) is 11.9 Å². The summed E-state index contributed by atoms with van der Waals surface area (Å²) in [6.07, 6.45) is 1.83. The summed E-state index contributed by atoms with van der Waals surface area (Å²) in [5, 5.41) is 20.3. The van der Waals surface area contributed by atoms with Gasteiger partial charge in [0.25, 0.3) is 0 Å². The fraction of sp³-hybridized carbons (Fsp3) is 0.533. The SMILES string of the molecule is CC1CCC(C#N)(C(O)c2cc(Cl)ccc2F)CC1. The van der Waals surface area contributed by atoms with Crippen molar-refractivity contribution in [2.45, 2.75) is 38.7 Å². The standard InChI is InChI=1S/C15H17ClFNO/c1-10-4-6-15(9-18,7-5-10)14(19)12-8-11(16)2-3-13(12)17/h2-3,8,10,14,19H,4-7H2,1H3. The zero-order chi connectivity index (χ0) is 14.0. The molecule has 0 amide bonds. The number of halogens is 2. The van der Waals surface area contributed by atoms with Gasteiger partial charge in [0, 0.05) is 10.6 Å². The van der Waals surface area contributed by atoms with E-state index in [-0.39, 0.29) is 5.56 Å². The normalized spacial score (nSPS) is 28.7. The van der Waals surface area contributed by atoms with Crippen LogP contribution in [0.25, 0.3) is 0 Å². The second-order valence-corrected chi connectivity index (χ2v) is 5.96. The molecule has 1 aliphatic carbocycles. The highest BCUT2D eigenvalue weighted by Gasteiger charge is 2.42. The Morgan fingerprint density at radius 3 is 2.68 bits per heavy atom. The van der Waals surface area contributed by atoms with E-state index in [1.807, 2.05) is 0 Å². The molecule has 1 unspecified atom stereocenters. The van der Waals surface area contributed by atoms with Crippen molar-refractivity contribution in [3.8, 4) is 6.07 Å². The maximum absolute atomic E-state index is 13.8. The van der Waals surface area contributed by atoms with Gasteiger partial charge in [0.15, 0.2) is 0 Å². The van der Waals surface area contributed by atoms with E-state index in [1.165, 1.54) is 18.2 Å². The van der Waals surface area contributed by atoms with Crippen LogP contribution in [0.2, 0.25) is 5.02 Å². The first-order valence-electron chi connectivity index (χ1n) is 6.53. The molecule has 0 saturated heterocycles. The predicted octanol–water partition coefficient (Wildman–Crippen LogP) is 4.23. The largest absolute Gasteiger partial charge is 0.387 e. The molecule has 0 heterocycles. The van der Waals surface area contributed by atoms with Crippen molar-refractivity contribution in [3.63, 3.8) is 0 Å². The Morgan fingerprint density at radius 1 is 1.47 bits per heavy atom. The maximum Gasteiger partial charge on any atom is 0.129 e. The number of hydrogen-bond donors (Lipinski definition) is 1. The Hall–Kier alpha value is -1.11. The number of hydrogen-bond acceptors (Lipinski definition) is 2. The Bertz CT molecular complexity index is 503. The van der Waals surface area contributed by atoms with E-state index in [0.717, 1.165) is 12.8 Å². The molecule has 1 aromatic rings. The van der Waals surface area contributed by atoms with Gasteiger partial charge in [-0.3, -0.25) is 0 Å². The number of benzene rings is 1. The highest BCUT2D eigenvalue weighted by molar-refractivity contribution is 6.30. The summed E-state index contributed by atoms with van der Waals surface area (Å²) < 4.78 is 13.8. The topological polar surface area (TPSA) is 44.0 Å². The number of aliphatic hydroxyl groups excluding tert-OH is 1. The third kappa shape index (κ3) is 2.75. The minimum absolute atomic E-state index is 0.128. The van der Waals surface area contributed by atoms with E-state index in [1.54, 1.807) is 0 Å². The second kappa shape index (κ2) is 5.48. The van der Waals surface area contributed by atoms with Crippen LogP contribution >= 0.6 is 11.6 Å². The molecular weight excluding hydrogens is 265 g/mol. The van der Waals surface area contributed by atoms with Crippen molar-refractivity contribution in [2.75, 3.05) is 0 Å². The van der Waals surface area contributed by atoms with Crippen molar-refractivity contribution in [1.82, 2.24) is 0 Å². The molecule has 19 heavy (non-hydrogen) atoms. The number of aliphatic hydroxyl groups is 1. The molecule has 1 aromatic carbocycles. The smallest absolute Gasteiger partial charge is 0.129 e. The molecule has 102 valence electrons. The van der Waals surface area contributed by atoms with Crippen LogP contribution in [0.1, 0.15) is 44.3 Å². The lowest BCUT2D eigenvalue weighted by Gasteiger charge is -2.37. The predicted molar refractivity (Wildman–Crippen MR) is 72.0 cm³/mol. The molecular formula is C15H17ClFNO. The first-order chi connectivity index (χ1) is 8.98. The van der Waals surface area contributed by atoms with Gasteiger partial charge in [0.05, 0.1) is 11.5 Å². The minimum atomic E-state index is -1.12. The molecule has 2 nitrogen and oxygen atoms in total. The van der Waals surface area contributed by atoms with Crippen molar-refractivity contribution in [3.05, 3.63) is 34.6 Å². The van der Waals surface area contributed by atoms with E-state index in [2.05, 4.69) is 13.0 Å².